The topological polar surface area (TPSA) is 157 Å². The number of benzene rings is 2. The molecule has 0 aromatic heterocycles. The number of amides is 2. The molecular formula is C33H51FN6O4. The number of carbonyl (C=O) groups excluding carboxylic acids is 3. The molecule has 0 radical (unpaired) electrons. The van der Waals surface area contributed by atoms with E-state index in [9.17, 15) is 18.8 Å². The van der Waals surface area contributed by atoms with E-state index in [2.05, 4.69) is 12.2 Å². The zero-order valence-electron chi connectivity index (χ0n) is 26.6. The van der Waals surface area contributed by atoms with Crippen molar-refractivity contribution in [3.8, 4) is 0 Å². The molecule has 2 aromatic rings. The predicted octanol–water partition coefficient (Wildman–Crippen LogP) is 4.41. The molecule has 0 unspecified atom stereocenters. The Morgan fingerprint density at radius 3 is 2.05 bits per heavy atom. The highest BCUT2D eigenvalue weighted by Gasteiger charge is 2.28. The van der Waals surface area contributed by atoms with Crippen LogP contribution < -0.4 is 27.6 Å². The van der Waals surface area contributed by atoms with Gasteiger partial charge in [0.15, 0.2) is 0 Å². The number of nitrogens with zero attached hydrogens (tertiary/aromatic N) is 2. The number of hydrogen-bond donors (Lipinski definition) is 4. The van der Waals surface area contributed by atoms with Crippen LogP contribution >= 0.6 is 0 Å². The van der Waals surface area contributed by atoms with E-state index in [1.165, 1.54) is 47.9 Å². The maximum atomic E-state index is 12.4. The number of halogens is 1. The fourth-order valence-electron chi connectivity index (χ4n) is 4.11. The Bertz CT molecular complexity index is 1130. The van der Waals surface area contributed by atoms with Crippen LogP contribution in [-0.2, 0) is 14.3 Å². The van der Waals surface area contributed by atoms with Crippen LogP contribution in [0.4, 0.5) is 10.1 Å². The molecule has 2 aliphatic rings. The summed E-state index contributed by atoms with van der Waals surface area (Å²) < 4.78 is 17.4. The lowest BCUT2D eigenvalue weighted by atomic mass is 9.97. The number of nitrogens with one attached hydrogen (secondary N) is 1. The second-order valence-electron chi connectivity index (χ2n) is 10.00. The van der Waals surface area contributed by atoms with Gasteiger partial charge in [-0.15, -0.1) is 0 Å². The zero-order valence-corrected chi connectivity index (χ0v) is 26.6. The van der Waals surface area contributed by atoms with Crippen molar-refractivity contribution in [3.05, 3.63) is 77.9 Å². The lowest BCUT2D eigenvalue weighted by Gasteiger charge is -2.31. The number of carbonyl (C=O) groups is 3. The Labute approximate surface area is 261 Å². The Morgan fingerprint density at radius 2 is 1.57 bits per heavy atom. The Balaban J connectivity index is 0.000000492. The van der Waals surface area contributed by atoms with Crippen molar-refractivity contribution >= 4 is 23.5 Å². The van der Waals surface area contributed by atoms with E-state index in [4.69, 9.17) is 22.0 Å². The fraction of sp³-hybridized carbons (Fsp3) is 0.485. The number of hydrazine groups is 1. The molecule has 0 bridgehead atoms. The molecule has 1 saturated carbocycles. The van der Waals surface area contributed by atoms with E-state index in [1.54, 1.807) is 36.1 Å². The standard InChI is InChI=1S/C19H27N5O4.C9H9F.C3H9N.C2H6/c1-2-28-19(27)15-7-10-23(11-8-15)17(25)13-22-18(26)14-3-5-16(6-4-14)24(21)12-9-20;10-9-5-3-8(4-6-9)7-1-2-7;1-2-3-4;1-2/h3-6,9,12,15H,2,7-8,10-11,13,20-21H2,1H3,(H,22,26);3-7H,1-2H2;2-4H2,1H3;1-2H3/b12-9-;;;. The summed E-state index contributed by atoms with van der Waals surface area (Å²) in [7, 11) is 0. The normalized spacial score (nSPS) is 14.1. The molecule has 44 heavy (non-hydrogen) atoms. The molecule has 0 spiro atoms. The van der Waals surface area contributed by atoms with Gasteiger partial charge in [0.25, 0.3) is 5.91 Å². The highest BCUT2D eigenvalue weighted by atomic mass is 19.1. The molecule has 1 saturated heterocycles. The van der Waals surface area contributed by atoms with Crippen molar-refractivity contribution in [2.45, 2.75) is 65.7 Å². The van der Waals surface area contributed by atoms with E-state index in [0.29, 0.717) is 43.8 Å². The minimum atomic E-state index is -0.348. The average molecular weight is 615 g/mol. The number of likely N-dealkylation sites (tertiary alicyclic amines) is 1. The van der Waals surface area contributed by atoms with Crippen LogP contribution in [0.15, 0.2) is 60.9 Å². The average Bonchev–Trinajstić information content (AvgIpc) is 3.91. The second-order valence-corrected chi connectivity index (χ2v) is 10.00. The third-order valence-electron chi connectivity index (χ3n) is 6.75. The van der Waals surface area contributed by atoms with E-state index < -0.39 is 0 Å². The van der Waals surface area contributed by atoms with Gasteiger partial charge in [-0.1, -0.05) is 32.9 Å². The number of nitrogens with two attached hydrogens (primary N) is 3. The van der Waals surface area contributed by atoms with Crippen molar-refractivity contribution in [2.24, 2.45) is 23.2 Å². The van der Waals surface area contributed by atoms with Gasteiger partial charge < -0.3 is 26.4 Å². The largest absolute Gasteiger partial charge is 0.466 e. The quantitative estimate of drug-likeness (QED) is 0.184. The third kappa shape index (κ3) is 14.0. The molecule has 11 heteroatoms. The number of anilines is 1. The zero-order chi connectivity index (χ0) is 32.9. The molecule has 4 rings (SSSR count). The summed E-state index contributed by atoms with van der Waals surface area (Å²) in [4.78, 5) is 37.9. The minimum absolute atomic E-state index is 0.0937. The number of hydrogen-bond acceptors (Lipinski definition) is 8. The lowest BCUT2D eigenvalue weighted by molar-refractivity contribution is -0.151. The molecule has 2 amide bonds. The highest BCUT2D eigenvalue weighted by Crippen LogP contribution is 2.39. The van der Waals surface area contributed by atoms with Crippen LogP contribution in [0.5, 0.6) is 0 Å². The Morgan fingerprint density at radius 1 is 1.00 bits per heavy atom. The molecule has 244 valence electrons. The second kappa shape index (κ2) is 21.7. The Kier molecular flexibility index (Phi) is 18.8. The number of piperidine rings is 1. The monoisotopic (exact) mass is 614 g/mol. The van der Waals surface area contributed by atoms with Crippen molar-refractivity contribution in [2.75, 3.05) is 37.8 Å². The molecule has 1 aliphatic heterocycles. The van der Waals surface area contributed by atoms with E-state index in [1.807, 2.05) is 26.0 Å². The minimum Gasteiger partial charge on any atom is -0.466 e. The molecule has 7 N–H and O–H groups in total. The number of rotatable bonds is 9. The van der Waals surface area contributed by atoms with Gasteiger partial charge in [0.2, 0.25) is 5.91 Å². The van der Waals surface area contributed by atoms with Crippen LogP contribution in [-0.4, -0.2) is 55.5 Å². The first-order valence-corrected chi connectivity index (χ1v) is 15.4. The molecule has 2 fully saturated rings. The number of esters is 1. The molecule has 10 nitrogen and oxygen atoms in total. The van der Waals surface area contributed by atoms with Gasteiger partial charge in [-0.25, -0.2) is 10.2 Å². The summed E-state index contributed by atoms with van der Waals surface area (Å²) in [5, 5.41) is 3.95. The van der Waals surface area contributed by atoms with Gasteiger partial charge in [-0.3, -0.25) is 19.4 Å². The van der Waals surface area contributed by atoms with Crippen molar-refractivity contribution in [3.63, 3.8) is 0 Å². The van der Waals surface area contributed by atoms with Crippen LogP contribution in [0.25, 0.3) is 0 Å². The van der Waals surface area contributed by atoms with Crippen molar-refractivity contribution < 1.29 is 23.5 Å². The van der Waals surface area contributed by atoms with Gasteiger partial charge in [-0.05, 0) is 93.5 Å². The summed E-state index contributed by atoms with van der Waals surface area (Å²) in [6.07, 6.45) is 7.61. The van der Waals surface area contributed by atoms with Crippen molar-refractivity contribution in [1.82, 2.24) is 10.2 Å². The maximum Gasteiger partial charge on any atom is 0.309 e. The van der Waals surface area contributed by atoms with Gasteiger partial charge in [0, 0.05) is 31.1 Å². The summed E-state index contributed by atoms with van der Waals surface area (Å²) in [5.74, 6) is 5.46. The van der Waals surface area contributed by atoms with Gasteiger partial charge in [-0.2, -0.15) is 0 Å². The first-order valence-electron chi connectivity index (χ1n) is 15.4. The van der Waals surface area contributed by atoms with Crippen LogP contribution in [0.3, 0.4) is 0 Å². The summed E-state index contributed by atoms with van der Waals surface area (Å²) >= 11 is 0. The van der Waals surface area contributed by atoms with E-state index in [0.717, 1.165) is 18.9 Å². The lowest BCUT2D eigenvalue weighted by Crippen LogP contribution is -2.45. The molecule has 0 atom stereocenters. The van der Waals surface area contributed by atoms with Crippen molar-refractivity contribution in [1.29, 1.82) is 0 Å². The maximum absolute atomic E-state index is 12.4. The predicted molar refractivity (Wildman–Crippen MR) is 174 cm³/mol. The third-order valence-corrected chi connectivity index (χ3v) is 6.75. The summed E-state index contributed by atoms with van der Waals surface area (Å²) in [6.45, 7) is 9.87. The van der Waals surface area contributed by atoms with Crippen LogP contribution in [0.2, 0.25) is 0 Å². The fourth-order valence-corrected chi connectivity index (χ4v) is 4.11. The first kappa shape index (κ1) is 38.1. The van der Waals surface area contributed by atoms with E-state index >= 15 is 0 Å². The first-order chi connectivity index (χ1) is 21.2. The summed E-state index contributed by atoms with van der Waals surface area (Å²) in [6, 6.07) is 13.4. The van der Waals surface area contributed by atoms with Gasteiger partial charge >= 0.3 is 5.97 Å². The molecular weight excluding hydrogens is 563 g/mol. The van der Waals surface area contributed by atoms with Gasteiger partial charge in [0.1, 0.15) is 5.82 Å². The number of ether oxygens (including phenoxy) is 1. The molecule has 1 aliphatic carbocycles. The SMILES string of the molecule is CC.CCCN.CCOC(=O)C1CCN(C(=O)CNC(=O)c2ccc(N(N)/C=C\N)cc2)CC1.Fc1ccc(C2CC2)cc1. The smallest absolute Gasteiger partial charge is 0.309 e. The molecule has 1 heterocycles. The van der Waals surface area contributed by atoms with E-state index in [-0.39, 0.29) is 36.1 Å². The molecule has 2 aromatic carbocycles. The highest BCUT2D eigenvalue weighted by molar-refractivity contribution is 5.96. The van der Waals surface area contributed by atoms with Crippen LogP contribution in [0.1, 0.15) is 81.6 Å². The van der Waals surface area contributed by atoms with Crippen LogP contribution in [0, 0.1) is 11.7 Å². The van der Waals surface area contributed by atoms with Gasteiger partial charge in [0.05, 0.1) is 24.8 Å². The summed E-state index contributed by atoms with van der Waals surface area (Å²) in [5.41, 5.74) is 12.7. The Hall–Kier alpha value is -3.96.